The summed E-state index contributed by atoms with van der Waals surface area (Å²) >= 11 is 0. The zero-order chi connectivity index (χ0) is 14.0. The number of amides is 1. The summed E-state index contributed by atoms with van der Waals surface area (Å²) in [5, 5.41) is 2.85. The van der Waals surface area contributed by atoms with Crippen LogP contribution in [0.3, 0.4) is 0 Å². The lowest BCUT2D eigenvalue weighted by molar-refractivity contribution is -0.124. The summed E-state index contributed by atoms with van der Waals surface area (Å²) in [5.41, 5.74) is 5.64. The molecule has 5 nitrogen and oxygen atoms in total. The van der Waals surface area contributed by atoms with Gasteiger partial charge in [0.2, 0.25) is 5.91 Å². The van der Waals surface area contributed by atoms with Crippen LogP contribution >= 0.6 is 0 Å². The molecule has 0 spiro atoms. The van der Waals surface area contributed by atoms with E-state index >= 15 is 0 Å². The van der Waals surface area contributed by atoms with E-state index in [0.717, 1.165) is 12.8 Å². The molecule has 0 saturated heterocycles. The van der Waals surface area contributed by atoms with Gasteiger partial charge in [0, 0.05) is 20.3 Å². The molecule has 0 heterocycles. The third-order valence-electron chi connectivity index (χ3n) is 2.66. The monoisotopic (exact) mass is 260 g/mol. The fourth-order valence-electron chi connectivity index (χ4n) is 1.29. The van der Waals surface area contributed by atoms with Crippen LogP contribution in [0.4, 0.5) is 0 Å². The van der Waals surface area contributed by atoms with Gasteiger partial charge in [0.05, 0.1) is 19.3 Å². The Kier molecular flexibility index (Phi) is 8.97. The van der Waals surface area contributed by atoms with Gasteiger partial charge in [-0.3, -0.25) is 4.79 Å². The van der Waals surface area contributed by atoms with Crippen molar-refractivity contribution >= 4 is 5.91 Å². The molecule has 0 aliphatic rings. The minimum absolute atomic E-state index is 0.0807. The van der Waals surface area contributed by atoms with Crippen molar-refractivity contribution in [3.63, 3.8) is 0 Å². The fourth-order valence-corrected chi connectivity index (χ4v) is 1.29. The molecule has 0 aliphatic heterocycles. The van der Waals surface area contributed by atoms with E-state index in [0.29, 0.717) is 26.4 Å². The maximum absolute atomic E-state index is 11.7. The summed E-state index contributed by atoms with van der Waals surface area (Å²) < 4.78 is 10.2. The van der Waals surface area contributed by atoms with Gasteiger partial charge in [0.15, 0.2) is 0 Å². The van der Waals surface area contributed by atoms with Gasteiger partial charge >= 0.3 is 0 Å². The molecule has 1 atom stereocenters. The standard InChI is InChI=1S/C13H28N2O3/c1-13(2,3)11(14)12(16)15-7-5-6-8-18-10-9-17-4/h11H,5-10,14H2,1-4H3,(H,15,16)/t11-/m1/s1. The van der Waals surface area contributed by atoms with Crippen LogP contribution in [0.25, 0.3) is 0 Å². The normalized spacial score (nSPS) is 13.4. The van der Waals surface area contributed by atoms with Gasteiger partial charge in [0.1, 0.15) is 0 Å². The largest absolute Gasteiger partial charge is 0.382 e. The molecule has 0 aromatic carbocycles. The van der Waals surface area contributed by atoms with Crippen molar-refractivity contribution in [1.29, 1.82) is 0 Å². The summed E-state index contributed by atoms with van der Waals surface area (Å²) in [6.07, 6.45) is 1.82. The number of rotatable bonds is 9. The zero-order valence-corrected chi connectivity index (χ0v) is 12.1. The van der Waals surface area contributed by atoms with E-state index in [1.54, 1.807) is 7.11 Å². The quantitative estimate of drug-likeness (QED) is 0.605. The summed E-state index contributed by atoms with van der Waals surface area (Å²) in [6.45, 7) is 8.47. The maximum Gasteiger partial charge on any atom is 0.237 e. The second-order valence-electron chi connectivity index (χ2n) is 5.45. The summed E-state index contributed by atoms with van der Waals surface area (Å²) in [7, 11) is 1.65. The van der Waals surface area contributed by atoms with Crippen molar-refractivity contribution in [2.45, 2.75) is 39.7 Å². The second kappa shape index (κ2) is 9.30. The molecular weight excluding hydrogens is 232 g/mol. The van der Waals surface area contributed by atoms with Crippen molar-refractivity contribution in [3.8, 4) is 0 Å². The van der Waals surface area contributed by atoms with Gasteiger partial charge in [0.25, 0.3) is 0 Å². The highest BCUT2D eigenvalue weighted by molar-refractivity contribution is 5.82. The molecule has 0 saturated carbocycles. The van der Waals surface area contributed by atoms with E-state index in [-0.39, 0.29) is 11.3 Å². The third kappa shape index (κ3) is 8.44. The van der Waals surface area contributed by atoms with Gasteiger partial charge < -0.3 is 20.5 Å². The number of methoxy groups -OCH3 is 1. The Balaban J connectivity index is 3.47. The Morgan fingerprint density at radius 2 is 1.89 bits per heavy atom. The predicted molar refractivity (Wildman–Crippen MR) is 72.4 cm³/mol. The molecule has 1 amide bonds. The lowest BCUT2D eigenvalue weighted by Crippen LogP contribution is -2.48. The first kappa shape index (κ1) is 17.4. The highest BCUT2D eigenvalue weighted by Crippen LogP contribution is 2.16. The molecule has 0 aliphatic carbocycles. The van der Waals surface area contributed by atoms with E-state index in [4.69, 9.17) is 15.2 Å². The number of unbranched alkanes of at least 4 members (excludes halogenated alkanes) is 1. The van der Waals surface area contributed by atoms with Gasteiger partial charge in [-0.15, -0.1) is 0 Å². The highest BCUT2D eigenvalue weighted by atomic mass is 16.5. The molecule has 18 heavy (non-hydrogen) atoms. The molecule has 0 aromatic rings. The SMILES string of the molecule is COCCOCCCCNC(=O)[C@@H](N)C(C)(C)C. The van der Waals surface area contributed by atoms with Gasteiger partial charge in [-0.2, -0.15) is 0 Å². The molecule has 0 bridgehead atoms. The Morgan fingerprint density at radius 3 is 2.44 bits per heavy atom. The van der Waals surface area contributed by atoms with Crippen LogP contribution in [0.2, 0.25) is 0 Å². The van der Waals surface area contributed by atoms with E-state index in [9.17, 15) is 4.79 Å². The molecular formula is C13H28N2O3. The highest BCUT2D eigenvalue weighted by Gasteiger charge is 2.26. The lowest BCUT2D eigenvalue weighted by atomic mass is 9.87. The first-order valence-electron chi connectivity index (χ1n) is 6.49. The smallest absolute Gasteiger partial charge is 0.237 e. The predicted octanol–water partition coefficient (Wildman–Crippen LogP) is 0.919. The van der Waals surface area contributed by atoms with Crippen molar-refractivity contribution in [3.05, 3.63) is 0 Å². The number of hydrogen-bond donors (Lipinski definition) is 2. The van der Waals surface area contributed by atoms with Crippen LogP contribution in [-0.4, -0.2) is 45.4 Å². The molecule has 108 valence electrons. The van der Waals surface area contributed by atoms with E-state index in [1.807, 2.05) is 20.8 Å². The molecule has 0 aromatic heterocycles. The van der Waals surface area contributed by atoms with Crippen LogP contribution < -0.4 is 11.1 Å². The Morgan fingerprint density at radius 1 is 1.22 bits per heavy atom. The molecule has 0 rings (SSSR count). The fraction of sp³-hybridized carbons (Fsp3) is 0.923. The number of hydrogen-bond acceptors (Lipinski definition) is 4. The van der Waals surface area contributed by atoms with Crippen LogP contribution in [-0.2, 0) is 14.3 Å². The van der Waals surface area contributed by atoms with Crippen LogP contribution in [0.5, 0.6) is 0 Å². The van der Waals surface area contributed by atoms with Crippen molar-refractivity contribution < 1.29 is 14.3 Å². The summed E-state index contributed by atoms with van der Waals surface area (Å²) in [5.74, 6) is -0.0807. The van der Waals surface area contributed by atoms with Crippen molar-refractivity contribution in [2.24, 2.45) is 11.1 Å². The molecule has 5 heteroatoms. The number of ether oxygens (including phenoxy) is 2. The Hall–Kier alpha value is -0.650. The molecule has 3 N–H and O–H groups in total. The third-order valence-corrected chi connectivity index (χ3v) is 2.66. The number of nitrogens with one attached hydrogen (secondary N) is 1. The van der Waals surface area contributed by atoms with Gasteiger partial charge in [-0.1, -0.05) is 20.8 Å². The Labute approximate surface area is 110 Å². The number of carbonyl (C=O) groups excluding carboxylic acids is 1. The van der Waals surface area contributed by atoms with Gasteiger partial charge in [-0.25, -0.2) is 0 Å². The topological polar surface area (TPSA) is 73.6 Å². The minimum Gasteiger partial charge on any atom is -0.382 e. The van der Waals surface area contributed by atoms with E-state index < -0.39 is 6.04 Å². The molecule has 0 radical (unpaired) electrons. The number of carbonyl (C=O) groups is 1. The first-order chi connectivity index (χ1) is 8.39. The van der Waals surface area contributed by atoms with Gasteiger partial charge in [-0.05, 0) is 18.3 Å². The van der Waals surface area contributed by atoms with Crippen molar-refractivity contribution in [2.75, 3.05) is 33.5 Å². The zero-order valence-electron chi connectivity index (χ0n) is 12.1. The van der Waals surface area contributed by atoms with E-state index in [1.165, 1.54) is 0 Å². The Bertz CT molecular complexity index is 227. The van der Waals surface area contributed by atoms with Crippen molar-refractivity contribution in [1.82, 2.24) is 5.32 Å². The second-order valence-corrected chi connectivity index (χ2v) is 5.45. The molecule has 0 fully saturated rings. The van der Waals surface area contributed by atoms with E-state index in [2.05, 4.69) is 5.32 Å². The summed E-state index contributed by atoms with van der Waals surface area (Å²) in [4.78, 5) is 11.7. The average molecular weight is 260 g/mol. The van der Waals surface area contributed by atoms with Crippen LogP contribution in [0.1, 0.15) is 33.6 Å². The summed E-state index contributed by atoms with van der Waals surface area (Å²) in [6, 6.07) is -0.463. The first-order valence-corrected chi connectivity index (χ1v) is 6.49. The average Bonchev–Trinajstić information content (AvgIpc) is 2.30. The lowest BCUT2D eigenvalue weighted by Gasteiger charge is -2.25. The van der Waals surface area contributed by atoms with Crippen LogP contribution in [0.15, 0.2) is 0 Å². The number of nitrogens with two attached hydrogens (primary N) is 1. The minimum atomic E-state index is -0.463. The maximum atomic E-state index is 11.7. The molecule has 0 unspecified atom stereocenters. The van der Waals surface area contributed by atoms with Crippen LogP contribution in [0, 0.1) is 5.41 Å².